The Morgan fingerprint density at radius 1 is 1.27 bits per heavy atom. The van der Waals surface area contributed by atoms with Crippen LogP contribution >= 0.6 is 0 Å². The second kappa shape index (κ2) is 7.33. The number of ether oxygens (including phenoxy) is 1. The van der Waals surface area contributed by atoms with E-state index in [1.165, 1.54) is 12.0 Å². The van der Waals surface area contributed by atoms with Crippen molar-refractivity contribution < 1.29 is 19.1 Å². The normalized spacial score (nSPS) is 23.0. The number of nitrogens with one attached hydrogen (secondary N) is 1. The minimum absolute atomic E-state index is 0.0523. The van der Waals surface area contributed by atoms with E-state index in [9.17, 15) is 14.4 Å². The minimum Gasteiger partial charge on any atom is -0.468 e. The molecule has 26 heavy (non-hydrogen) atoms. The Labute approximate surface area is 152 Å². The van der Waals surface area contributed by atoms with Crippen molar-refractivity contribution >= 4 is 23.6 Å². The van der Waals surface area contributed by atoms with Crippen molar-refractivity contribution in [3.05, 3.63) is 29.8 Å². The van der Waals surface area contributed by atoms with Crippen LogP contribution in [-0.4, -0.2) is 74.1 Å². The van der Waals surface area contributed by atoms with Crippen LogP contribution in [0.3, 0.4) is 0 Å². The third-order valence-corrected chi connectivity index (χ3v) is 4.94. The molecular weight excluding hydrogens is 336 g/mol. The van der Waals surface area contributed by atoms with E-state index >= 15 is 0 Å². The van der Waals surface area contributed by atoms with Crippen LogP contribution in [0.25, 0.3) is 0 Å². The molecule has 1 saturated heterocycles. The molecule has 1 aromatic carbocycles. The zero-order chi connectivity index (χ0) is 18.8. The number of carbonyl (C=O) groups excluding carboxylic acids is 3. The first kappa shape index (κ1) is 18.2. The van der Waals surface area contributed by atoms with Crippen molar-refractivity contribution in [1.82, 2.24) is 15.1 Å². The Balaban J connectivity index is 1.65. The Hall–Kier alpha value is -2.61. The lowest BCUT2D eigenvalue weighted by atomic mass is 10.1. The summed E-state index contributed by atoms with van der Waals surface area (Å²) in [5.74, 6) is -0.543. The molecule has 8 nitrogen and oxygen atoms in total. The van der Waals surface area contributed by atoms with Crippen molar-refractivity contribution in [2.24, 2.45) is 0 Å². The van der Waals surface area contributed by atoms with Gasteiger partial charge in [-0.3, -0.25) is 19.4 Å². The molecule has 0 bridgehead atoms. The lowest BCUT2D eigenvalue weighted by Gasteiger charge is -2.34. The molecule has 0 aromatic heterocycles. The molecular formula is C18H24N4O4. The van der Waals surface area contributed by atoms with Gasteiger partial charge in [-0.25, -0.2) is 4.79 Å². The highest BCUT2D eigenvalue weighted by Crippen LogP contribution is 2.27. The summed E-state index contributed by atoms with van der Waals surface area (Å²) in [5, 5.41) is 2.93. The third kappa shape index (κ3) is 3.50. The molecule has 1 aromatic rings. The number of urea groups is 1. The maximum absolute atomic E-state index is 12.5. The monoisotopic (exact) mass is 360 g/mol. The highest BCUT2D eigenvalue weighted by molar-refractivity contribution is 5.99. The number of esters is 1. The van der Waals surface area contributed by atoms with Gasteiger partial charge in [0, 0.05) is 26.2 Å². The summed E-state index contributed by atoms with van der Waals surface area (Å²) in [6.07, 6.45) is 0.499. The summed E-state index contributed by atoms with van der Waals surface area (Å²) in [4.78, 5) is 41.7. The number of anilines is 1. The average molecular weight is 360 g/mol. The van der Waals surface area contributed by atoms with Gasteiger partial charge in [-0.15, -0.1) is 0 Å². The number of hydrogen-bond donors (Lipinski definition) is 1. The first-order chi connectivity index (χ1) is 12.4. The minimum atomic E-state index is -0.353. The number of carbonyl (C=O) groups is 3. The maximum Gasteiger partial charge on any atom is 0.325 e. The van der Waals surface area contributed by atoms with Gasteiger partial charge in [-0.2, -0.15) is 0 Å². The first-order valence-electron chi connectivity index (χ1n) is 8.58. The fraction of sp³-hybridized carbons (Fsp3) is 0.500. The summed E-state index contributed by atoms with van der Waals surface area (Å²) < 4.78 is 4.79. The van der Waals surface area contributed by atoms with Crippen LogP contribution in [0.15, 0.2) is 24.3 Å². The molecule has 2 aliphatic rings. The molecule has 3 rings (SSSR count). The van der Waals surface area contributed by atoms with Crippen LogP contribution in [-0.2, 0) is 20.9 Å². The third-order valence-electron chi connectivity index (χ3n) is 4.94. The highest BCUT2D eigenvalue weighted by Gasteiger charge is 2.36. The van der Waals surface area contributed by atoms with E-state index in [1.54, 1.807) is 11.9 Å². The summed E-state index contributed by atoms with van der Waals surface area (Å²) in [6, 6.07) is 6.88. The van der Waals surface area contributed by atoms with Gasteiger partial charge in [0.1, 0.15) is 12.6 Å². The number of para-hydroxylation sites is 1. The van der Waals surface area contributed by atoms with Gasteiger partial charge < -0.3 is 15.0 Å². The number of likely N-dealkylation sites (N-methyl/N-ethyl adjacent to an activating group) is 1. The van der Waals surface area contributed by atoms with Crippen molar-refractivity contribution in [1.29, 1.82) is 0 Å². The van der Waals surface area contributed by atoms with Gasteiger partial charge in [-0.05, 0) is 25.1 Å². The molecule has 0 radical (unpaired) electrons. The second-order valence-corrected chi connectivity index (χ2v) is 6.83. The molecule has 1 fully saturated rings. The van der Waals surface area contributed by atoms with Crippen LogP contribution in [0.2, 0.25) is 0 Å². The average Bonchev–Trinajstić information content (AvgIpc) is 2.98. The highest BCUT2D eigenvalue weighted by atomic mass is 16.5. The summed E-state index contributed by atoms with van der Waals surface area (Å²) in [6.45, 7) is 1.04. The fourth-order valence-electron chi connectivity index (χ4n) is 3.63. The Kier molecular flexibility index (Phi) is 5.13. The Morgan fingerprint density at radius 2 is 2.00 bits per heavy atom. The molecule has 2 heterocycles. The van der Waals surface area contributed by atoms with Crippen molar-refractivity contribution in [2.45, 2.75) is 25.0 Å². The van der Waals surface area contributed by atoms with Crippen molar-refractivity contribution in [3.8, 4) is 0 Å². The number of methoxy groups -OCH3 is 1. The van der Waals surface area contributed by atoms with E-state index in [0.717, 1.165) is 11.3 Å². The van der Waals surface area contributed by atoms with Gasteiger partial charge in [0.15, 0.2) is 0 Å². The SMILES string of the molecule is COC(=O)[C@@H]1C[C@@H](NC(=O)CN2C(=O)N(C)Cc3ccccc32)CN1C. The number of fused-ring (bicyclic) bond motifs is 1. The molecule has 140 valence electrons. The molecule has 2 atom stereocenters. The number of hydrogen-bond acceptors (Lipinski definition) is 5. The Bertz CT molecular complexity index is 723. The summed E-state index contributed by atoms with van der Waals surface area (Å²) in [5.41, 5.74) is 1.77. The van der Waals surface area contributed by atoms with Crippen LogP contribution in [0.4, 0.5) is 10.5 Å². The fourth-order valence-corrected chi connectivity index (χ4v) is 3.63. The zero-order valence-electron chi connectivity index (χ0n) is 15.3. The quantitative estimate of drug-likeness (QED) is 0.787. The van der Waals surface area contributed by atoms with Gasteiger partial charge >= 0.3 is 12.0 Å². The van der Waals surface area contributed by atoms with Crippen LogP contribution in [0.5, 0.6) is 0 Å². The topological polar surface area (TPSA) is 82.2 Å². The number of nitrogens with zero attached hydrogens (tertiary/aromatic N) is 3. The maximum atomic E-state index is 12.5. The van der Waals surface area contributed by atoms with E-state index in [4.69, 9.17) is 4.74 Å². The van der Waals surface area contributed by atoms with Gasteiger partial charge in [0.2, 0.25) is 5.91 Å². The first-order valence-corrected chi connectivity index (χ1v) is 8.58. The Morgan fingerprint density at radius 3 is 2.73 bits per heavy atom. The molecule has 0 aliphatic carbocycles. The van der Waals surface area contributed by atoms with Crippen molar-refractivity contribution in [2.75, 3.05) is 39.2 Å². The van der Waals surface area contributed by atoms with Gasteiger partial charge in [0.25, 0.3) is 0 Å². The largest absolute Gasteiger partial charge is 0.468 e. The van der Waals surface area contributed by atoms with E-state index in [0.29, 0.717) is 19.5 Å². The van der Waals surface area contributed by atoms with E-state index < -0.39 is 0 Å². The molecule has 3 amide bonds. The van der Waals surface area contributed by atoms with Gasteiger partial charge in [0.05, 0.1) is 12.8 Å². The summed E-state index contributed by atoms with van der Waals surface area (Å²) >= 11 is 0. The van der Waals surface area contributed by atoms with E-state index in [-0.39, 0.29) is 36.5 Å². The van der Waals surface area contributed by atoms with E-state index in [1.807, 2.05) is 36.2 Å². The summed E-state index contributed by atoms with van der Waals surface area (Å²) in [7, 11) is 4.90. The molecule has 0 spiro atoms. The lowest BCUT2D eigenvalue weighted by Crippen LogP contribution is -2.50. The van der Waals surface area contributed by atoms with Crippen LogP contribution < -0.4 is 10.2 Å². The number of rotatable bonds is 4. The number of amides is 3. The smallest absolute Gasteiger partial charge is 0.325 e. The molecule has 0 unspecified atom stereocenters. The standard InChI is InChI=1S/C18H24N4O4/c1-20-10-13(8-15(20)17(24)26-3)19-16(23)11-22-14-7-5-4-6-12(14)9-21(2)18(22)25/h4-7,13,15H,8-11H2,1-3H3,(H,19,23)/t13-,15+/m1/s1. The van der Waals surface area contributed by atoms with Gasteiger partial charge in [-0.1, -0.05) is 18.2 Å². The predicted octanol–water partition coefficient (Wildman–Crippen LogP) is 0.420. The number of benzene rings is 1. The van der Waals surface area contributed by atoms with Crippen LogP contribution in [0, 0.1) is 0 Å². The van der Waals surface area contributed by atoms with Crippen LogP contribution in [0.1, 0.15) is 12.0 Å². The molecule has 8 heteroatoms. The number of likely N-dealkylation sites (tertiary alicyclic amines) is 1. The second-order valence-electron chi connectivity index (χ2n) is 6.83. The predicted molar refractivity (Wildman–Crippen MR) is 95.6 cm³/mol. The lowest BCUT2D eigenvalue weighted by molar-refractivity contribution is -0.145. The zero-order valence-corrected chi connectivity index (χ0v) is 15.3. The molecule has 2 aliphatic heterocycles. The van der Waals surface area contributed by atoms with Crippen molar-refractivity contribution in [3.63, 3.8) is 0 Å². The van der Waals surface area contributed by atoms with E-state index in [2.05, 4.69) is 5.32 Å². The molecule has 0 saturated carbocycles. The molecule has 1 N–H and O–H groups in total.